The fourth-order valence-electron chi connectivity index (χ4n) is 9.22. The highest BCUT2D eigenvalue weighted by Gasteiger charge is 2.69. The molecule has 36 heavy (non-hydrogen) atoms. The van der Waals surface area contributed by atoms with Crippen LogP contribution < -0.4 is 0 Å². The molecule has 0 saturated heterocycles. The van der Waals surface area contributed by atoms with Crippen LogP contribution in [0.25, 0.3) is 0 Å². The summed E-state index contributed by atoms with van der Waals surface area (Å²) in [7, 11) is 0. The van der Waals surface area contributed by atoms with Crippen molar-refractivity contribution >= 4 is 0 Å². The van der Waals surface area contributed by atoms with Crippen LogP contribution in [0.15, 0.2) is 12.2 Å². The SMILES string of the molecule is CC(CC=CC(O)(C(F)(F)F)C(F)(F)F)C1CCC2C3CC(O)C4CC(O)CCC4(C)C3CCC12C. The zero-order valence-electron chi connectivity index (χ0n) is 21.2. The van der Waals surface area contributed by atoms with Crippen molar-refractivity contribution in [3.05, 3.63) is 12.2 Å². The van der Waals surface area contributed by atoms with Gasteiger partial charge in [0.25, 0.3) is 5.60 Å². The fourth-order valence-corrected chi connectivity index (χ4v) is 9.22. The number of aliphatic hydroxyl groups is 3. The molecule has 4 rings (SSSR count). The van der Waals surface area contributed by atoms with Gasteiger partial charge in [0.1, 0.15) is 0 Å². The number of allylic oxidation sites excluding steroid dienone is 1. The summed E-state index contributed by atoms with van der Waals surface area (Å²) in [6, 6.07) is 0. The molecule has 4 fully saturated rings. The van der Waals surface area contributed by atoms with Crippen LogP contribution in [0.2, 0.25) is 0 Å². The molecule has 4 aliphatic rings. The molecule has 0 bridgehead atoms. The summed E-state index contributed by atoms with van der Waals surface area (Å²) in [6.07, 6.45) is -5.06. The van der Waals surface area contributed by atoms with Gasteiger partial charge in [-0.1, -0.05) is 26.8 Å². The van der Waals surface area contributed by atoms with Crippen molar-refractivity contribution in [2.75, 3.05) is 0 Å². The van der Waals surface area contributed by atoms with E-state index in [0.29, 0.717) is 30.6 Å². The second kappa shape index (κ2) is 9.15. The predicted octanol–water partition coefficient (Wildman–Crippen LogP) is 6.42. The van der Waals surface area contributed by atoms with Crippen LogP contribution in [0.1, 0.15) is 78.6 Å². The van der Waals surface area contributed by atoms with Gasteiger partial charge in [-0.25, -0.2) is 0 Å². The Kier molecular flexibility index (Phi) is 7.17. The van der Waals surface area contributed by atoms with E-state index in [9.17, 15) is 41.7 Å². The Morgan fingerprint density at radius 3 is 2.03 bits per heavy atom. The number of hydrogen-bond acceptors (Lipinski definition) is 3. The van der Waals surface area contributed by atoms with Gasteiger partial charge in [-0.3, -0.25) is 0 Å². The van der Waals surface area contributed by atoms with E-state index < -0.39 is 24.1 Å². The molecular weight excluding hydrogens is 486 g/mol. The lowest BCUT2D eigenvalue weighted by molar-refractivity contribution is -0.347. The van der Waals surface area contributed by atoms with E-state index in [2.05, 4.69) is 13.8 Å². The quantitative estimate of drug-likeness (QED) is 0.293. The van der Waals surface area contributed by atoms with Crippen LogP contribution in [0.3, 0.4) is 0 Å². The fraction of sp³-hybridized carbons (Fsp3) is 0.926. The highest BCUT2D eigenvalue weighted by molar-refractivity contribution is 5.13. The predicted molar refractivity (Wildman–Crippen MR) is 123 cm³/mol. The maximum absolute atomic E-state index is 13.0. The average Bonchev–Trinajstić information content (AvgIpc) is 3.11. The maximum Gasteiger partial charge on any atom is 0.429 e. The Balaban J connectivity index is 1.49. The molecular formula is C27H40F6O3. The van der Waals surface area contributed by atoms with Crippen LogP contribution in [-0.4, -0.2) is 45.5 Å². The van der Waals surface area contributed by atoms with Crippen LogP contribution >= 0.6 is 0 Å². The van der Waals surface area contributed by atoms with Crippen molar-refractivity contribution in [2.45, 2.75) is 109 Å². The number of fused-ring (bicyclic) bond motifs is 5. The van der Waals surface area contributed by atoms with Gasteiger partial charge in [0.05, 0.1) is 12.2 Å². The summed E-state index contributed by atoms with van der Waals surface area (Å²) < 4.78 is 78.1. The van der Waals surface area contributed by atoms with Crippen molar-refractivity contribution < 1.29 is 41.7 Å². The molecule has 3 N–H and O–H groups in total. The summed E-state index contributed by atoms with van der Waals surface area (Å²) in [5, 5.41) is 30.7. The highest BCUT2D eigenvalue weighted by atomic mass is 19.4. The molecule has 0 heterocycles. The molecule has 10 atom stereocenters. The van der Waals surface area contributed by atoms with E-state index in [1.807, 2.05) is 6.92 Å². The number of aliphatic hydroxyl groups excluding tert-OH is 2. The minimum atomic E-state index is -5.85. The number of hydrogen-bond donors (Lipinski definition) is 3. The van der Waals surface area contributed by atoms with Gasteiger partial charge in [0.2, 0.25) is 0 Å². The Labute approximate surface area is 209 Å². The third kappa shape index (κ3) is 4.33. The lowest BCUT2D eigenvalue weighted by atomic mass is 9.44. The van der Waals surface area contributed by atoms with Gasteiger partial charge in [0.15, 0.2) is 0 Å². The van der Waals surface area contributed by atoms with Gasteiger partial charge in [-0.15, -0.1) is 0 Å². The lowest BCUT2D eigenvalue weighted by Crippen LogP contribution is -2.58. The molecule has 9 heteroatoms. The van der Waals surface area contributed by atoms with Crippen molar-refractivity contribution in [1.82, 2.24) is 0 Å². The summed E-state index contributed by atoms with van der Waals surface area (Å²) >= 11 is 0. The van der Waals surface area contributed by atoms with Crippen molar-refractivity contribution in [2.24, 2.45) is 46.3 Å². The largest absolute Gasteiger partial charge is 0.429 e. The standard InChI is InChI=1S/C27H40F6O3/c1-15(5-4-10-25(36,26(28,29)30)27(31,32)33)18-6-7-19-17-14-22(35)21-13-16(34)8-11-24(21,3)20(17)9-12-23(18,19)2/h4,10,15-22,34-36H,5-9,11-14H2,1-3H3. The lowest BCUT2D eigenvalue weighted by Gasteiger charge is -2.62. The smallest absolute Gasteiger partial charge is 0.393 e. The summed E-state index contributed by atoms with van der Waals surface area (Å²) in [5.74, 6) is 1.25. The zero-order valence-corrected chi connectivity index (χ0v) is 21.2. The maximum atomic E-state index is 13.0. The molecule has 4 aliphatic carbocycles. The molecule has 0 aliphatic heterocycles. The monoisotopic (exact) mass is 526 g/mol. The summed E-state index contributed by atoms with van der Waals surface area (Å²) in [4.78, 5) is 0. The average molecular weight is 527 g/mol. The van der Waals surface area contributed by atoms with Gasteiger partial charge in [-0.05, 0) is 110 Å². The van der Waals surface area contributed by atoms with E-state index in [1.54, 1.807) is 0 Å². The molecule has 0 aromatic heterocycles. The molecule has 3 nitrogen and oxygen atoms in total. The molecule has 0 aromatic rings. The van der Waals surface area contributed by atoms with Crippen LogP contribution in [0.4, 0.5) is 26.3 Å². The molecule has 0 radical (unpaired) electrons. The van der Waals surface area contributed by atoms with E-state index in [4.69, 9.17) is 0 Å². The molecule has 0 spiro atoms. The Hall–Kier alpha value is -0.800. The number of rotatable bonds is 4. The molecule has 208 valence electrons. The Morgan fingerprint density at radius 1 is 0.833 bits per heavy atom. The molecule has 0 amide bonds. The third-order valence-electron chi connectivity index (χ3n) is 11.1. The Morgan fingerprint density at radius 2 is 1.42 bits per heavy atom. The van der Waals surface area contributed by atoms with Crippen LogP contribution in [-0.2, 0) is 0 Å². The highest BCUT2D eigenvalue weighted by Crippen LogP contribution is 2.68. The van der Waals surface area contributed by atoms with E-state index in [-0.39, 0.29) is 47.2 Å². The number of alkyl halides is 6. The molecule has 0 aromatic carbocycles. The van der Waals surface area contributed by atoms with Crippen molar-refractivity contribution in [3.8, 4) is 0 Å². The first-order valence-corrected chi connectivity index (χ1v) is 13.4. The second-order valence-corrected chi connectivity index (χ2v) is 12.8. The first kappa shape index (κ1) is 28.2. The van der Waals surface area contributed by atoms with Crippen LogP contribution in [0, 0.1) is 46.3 Å². The van der Waals surface area contributed by atoms with Gasteiger partial charge in [0, 0.05) is 0 Å². The summed E-state index contributed by atoms with van der Waals surface area (Å²) in [5.41, 5.74) is -4.96. The first-order chi connectivity index (χ1) is 16.5. The molecule has 4 saturated carbocycles. The van der Waals surface area contributed by atoms with Crippen molar-refractivity contribution in [3.63, 3.8) is 0 Å². The topological polar surface area (TPSA) is 60.7 Å². The van der Waals surface area contributed by atoms with Crippen molar-refractivity contribution in [1.29, 1.82) is 0 Å². The first-order valence-electron chi connectivity index (χ1n) is 13.4. The summed E-state index contributed by atoms with van der Waals surface area (Å²) in [6.45, 7) is 6.37. The minimum Gasteiger partial charge on any atom is -0.393 e. The van der Waals surface area contributed by atoms with E-state index >= 15 is 0 Å². The minimum absolute atomic E-state index is 0.0189. The van der Waals surface area contributed by atoms with Gasteiger partial charge in [-0.2, -0.15) is 26.3 Å². The number of halogens is 6. The van der Waals surface area contributed by atoms with Gasteiger partial charge < -0.3 is 15.3 Å². The second-order valence-electron chi connectivity index (χ2n) is 12.8. The van der Waals surface area contributed by atoms with E-state index in [1.165, 1.54) is 0 Å². The zero-order chi connectivity index (χ0) is 26.9. The normalized spacial score (nSPS) is 44.7. The van der Waals surface area contributed by atoms with E-state index in [0.717, 1.165) is 44.6 Å². The molecule has 10 unspecified atom stereocenters. The third-order valence-corrected chi connectivity index (χ3v) is 11.1. The van der Waals surface area contributed by atoms with Crippen LogP contribution in [0.5, 0.6) is 0 Å². The Bertz CT molecular complexity index is 826. The van der Waals surface area contributed by atoms with Gasteiger partial charge >= 0.3 is 12.4 Å².